The summed E-state index contributed by atoms with van der Waals surface area (Å²) in [5.74, 6) is 0.901. The van der Waals surface area contributed by atoms with Crippen molar-refractivity contribution in [3.63, 3.8) is 0 Å². The highest BCUT2D eigenvalue weighted by molar-refractivity contribution is 5.24. The van der Waals surface area contributed by atoms with Crippen molar-refractivity contribution in [2.45, 2.75) is 57.6 Å². The van der Waals surface area contributed by atoms with E-state index >= 15 is 0 Å². The Labute approximate surface area is 122 Å². The van der Waals surface area contributed by atoms with Gasteiger partial charge < -0.3 is 5.11 Å². The molecule has 20 heavy (non-hydrogen) atoms. The van der Waals surface area contributed by atoms with Gasteiger partial charge in [0.15, 0.2) is 0 Å². The first kappa shape index (κ1) is 14.1. The van der Waals surface area contributed by atoms with Crippen molar-refractivity contribution in [3.8, 4) is 0 Å². The van der Waals surface area contributed by atoms with Crippen molar-refractivity contribution in [3.05, 3.63) is 35.4 Å². The van der Waals surface area contributed by atoms with Crippen LogP contribution >= 0.6 is 0 Å². The number of fused-ring (bicyclic) bond motifs is 1. The number of nitrogens with zero attached hydrogens (tertiary/aromatic N) is 1. The molecule has 110 valence electrons. The van der Waals surface area contributed by atoms with Crippen LogP contribution < -0.4 is 0 Å². The third-order valence-corrected chi connectivity index (χ3v) is 5.29. The van der Waals surface area contributed by atoms with Crippen LogP contribution in [0, 0.1) is 5.92 Å². The number of piperidine rings is 1. The maximum Gasteiger partial charge on any atom is 0.0917 e. The minimum Gasteiger partial charge on any atom is -0.387 e. The molecule has 0 spiro atoms. The highest BCUT2D eigenvalue weighted by Gasteiger charge is 2.35. The molecule has 2 heteroatoms. The van der Waals surface area contributed by atoms with E-state index in [1.54, 1.807) is 0 Å². The second-order valence-corrected chi connectivity index (χ2v) is 6.51. The van der Waals surface area contributed by atoms with Crippen LogP contribution in [0.1, 0.15) is 56.3 Å². The summed E-state index contributed by atoms with van der Waals surface area (Å²) in [5, 5.41) is 10.5. The Morgan fingerprint density at radius 2 is 1.90 bits per heavy atom. The Morgan fingerprint density at radius 3 is 2.65 bits per heavy atom. The van der Waals surface area contributed by atoms with Crippen molar-refractivity contribution in [1.82, 2.24) is 4.90 Å². The van der Waals surface area contributed by atoms with E-state index in [2.05, 4.69) is 36.1 Å². The molecule has 0 aromatic heterocycles. The van der Waals surface area contributed by atoms with E-state index in [9.17, 15) is 5.11 Å². The van der Waals surface area contributed by atoms with Crippen LogP contribution in [0.4, 0.5) is 0 Å². The average Bonchev–Trinajstić information content (AvgIpc) is 2.97. The van der Waals surface area contributed by atoms with Gasteiger partial charge in [-0.15, -0.1) is 0 Å². The Balaban J connectivity index is 1.63. The summed E-state index contributed by atoms with van der Waals surface area (Å²) in [6.45, 7) is 4.15. The minimum absolute atomic E-state index is 0.333. The van der Waals surface area contributed by atoms with E-state index in [-0.39, 0.29) is 6.10 Å². The van der Waals surface area contributed by atoms with Gasteiger partial charge in [-0.25, -0.2) is 0 Å². The van der Waals surface area contributed by atoms with Crippen LogP contribution in [0.3, 0.4) is 0 Å². The van der Waals surface area contributed by atoms with E-state index in [0.29, 0.717) is 0 Å². The molecular weight excluding hydrogens is 246 g/mol. The van der Waals surface area contributed by atoms with Crippen molar-refractivity contribution >= 4 is 0 Å². The fourth-order valence-electron chi connectivity index (χ4n) is 4.09. The molecule has 2 fully saturated rings. The Morgan fingerprint density at radius 1 is 1.15 bits per heavy atom. The highest BCUT2D eigenvalue weighted by atomic mass is 16.3. The molecule has 1 saturated heterocycles. The first-order valence-corrected chi connectivity index (χ1v) is 8.29. The van der Waals surface area contributed by atoms with Gasteiger partial charge in [-0.1, -0.05) is 37.6 Å². The molecule has 1 N–H and O–H groups in total. The maximum absolute atomic E-state index is 10.5. The second-order valence-electron chi connectivity index (χ2n) is 6.51. The van der Waals surface area contributed by atoms with Gasteiger partial charge >= 0.3 is 0 Å². The molecule has 1 heterocycles. The summed E-state index contributed by atoms with van der Waals surface area (Å²) in [5.41, 5.74) is 2.41. The van der Waals surface area contributed by atoms with Gasteiger partial charge in [-0.2, -0.15) is 0 Å². The van der Waals surface area contributed by atoms with Crippen molar-refractivity contribution in [2.24, 2.45) is 5.92 Å². The predicted octanol–water partition coefficient (Wildman–Crippen LogP) is 3.55. The SMILES string of the molecule is CCc1ccc(C(O)CN2CCCC3CCCC32)cc1. The molecular formula is C18H27NO. The number of aliphatic hydroxyl groups is 1. The zero-order valence-corrected chi connectivity index (χ0v) is 12.6. The van der Waals surface area contributed by atoms with Gasteiger partial charge in [0, 0.05) is 12.6 Å². The quantitative estimate of drug-likeness (QED) is 0.907. The molecule has 2 nitrogen and oxygen atoms in total. The van der Waals surface area contributed by atoms with Gasteiger partial charge in [0.2, 0.25) is 0 Å². The average molecular weight is 273 g/mol. The van der Waals surface area contributed by atoms with Crippen molar-refractivity contribution < 1.29 is 5.11 Å². The fraction of sp³-hybridized carbons (Fsp3) is 0.667. The van der Waals surface area contributed by atoms with E-state index in [1.807, 2.05) is 0 Å². The molecule has 0 amide bonds. The summed E-state index contributed by atoms with van der Waals surface area (Å²) in [4.78, 5) is 2.56. The number of aliphatic hydroxyl groups excluding tert-OH is 1. The fourth-order valence-corrected chi connectivity index (χ4v) is 4.09. The zero-order chi connectivity index (χ0) is 13.9. The number of aryl methyl sites for hydroxylation is 1. The van der Waals surface area contributed by atoms with Crippen LogP contribution in [0.2, 0.25) is 0 Å². The number of rotatable bonds is 4. The standard InChI is InChI=1S/C18H27NO/c1-2-14-8-10-16(11-9-14)18(20)13-19-12-4-6-15-5-3-7-17(15)19/h8-11,15,17-18,20H,2-7,12-13H2,1H3. The number of hydrogen-bond acceptors (Lipinski definition) is 2. The van der Waals surface area contributed by atoms with E-state index in [0.717, 1.165) is 30.5 Å². The molecule has 1 aromatic rings. The lowest BCUT2D eigenvalue weighted by Gasteiger charge is -2.38. The Bertz CT molecular complexity index is 428. The van der Waals surface area contributed by atoms with Crippen LogP contribution in [0.5, 0.6) is 0 Å². The van der Waals surface area contributed by atoms with Gasteiger partial charge in [-0.05, 0) is 55.7 Å². The lowest BCUT2D eigenvalue weighted by molar-refractivity contribution is 0.0506. The molecule has 3 unspecified atom stereocenters. The summed E-state index contributed by atoms with van der Waals surface area (Å²) < 4.78 is 0. The molecule has 1 aromatic carbocycles. The molecule has 0 bridgehead atoms. The van der Waals surface area contributed by atoms with Crippen LogP contribution in [-0.4, -0.2) is 29.1 Å². The minimum atomic E-state index is -0.333. The summed E-state index contributed by atoms with van der Waals surface area (Å²) in [7, 11) is 0. The highest BCUT2D eigenvalue weighted by Crippen LogP contribution is 2.37. The molecule has 1 saturated carbocycles. The third-order valence-electron chi connectivity index (χ3n) is 5.29. The number of likely N-dealkylation sites (tertiary alicyclic amines) is 1. The lowest BCUT2D eigenvalue weighted by atomic mass is 9.91. The molecule has 2 aliphatic rings. The summed E-state index contributed by atoms with van der Waals surface area (Å²) in [6.07, 6.45) is 7.57. The van der Waals surface area contributed by atoms with Crippen LogP contribution in [0.15, 0.2) is 24.3 Å². The maximum atomic E-state index is 10.5. The van der Waals surface area contributed by atoms with Crippen molar-refractivity contribution in [1.29, 1.82) is 0 Å². The van der Waals surface area contributed by atoms with E-state index < -0.39 is 0 Å². The topological polar surface area (TPSA) is 23.5 Å². The molecule has 1 aliphatic heterocycles. The lowest BCUT2D eigenvalue weighted by Crippen LogP contribution is -2.44. The molecule has 3 rings (SSSR count). The zero-order valence-electron chi connectivity index (χ0n) is 12.6. The number of β-amino-alcohol motifs (C(OH)–C–C–N with tert-alkyl or cyclic N) is 1. The first-order valence-electron chi connectivity index (χ1n) is 8.29. The number of benzene rings is 1. The largest absolute Gasteiger partial charge is 0.387 e. The smallest absolute Gasteiger partial charge is 0.0917 e. The molecule has 0 radical (unpaired) electrons. The Kier molecular flexibility index (Phi) is 4.42. The Hall–Kier alpha value is -0.860. The third kappa shape index (κ3) is 2.91. The summed E-state index contributed by atoms with van der Waals surface area (Å²) in [6, 6.07) is 9.23. The van der Waals surface area contributed by atoms with Crippen LogP contribution in [0.25, 0.3) is 0 Å². The molecule has 3 atom stereocenters. The van der Waals surface area contributed by atoms with E-state index in [1.165, 1.54) is 44.2 Å². The normalized spacial score (nSPS) is 28.3. The number of hydrogen-bond donors (Lipinski definition) is 1. The summed E-state index contributed by atoms with van der Waals surface area (Å²) >= 11 is 0. The van der Waals surface area contributed by atoms with Gasteiger partial charge in [-0.3, -0.25) is 4.90 Å². The van der Waals surface area contributed by atoms with Crippen molar-refractivity contribution in [2.75, 3.05) is 13.1 Å². The van der Waals surface area contributed by atoms with E-state index in [4.69, 9.17) is 0 Å². The van der Waals surface area contributed by atoms with Gasteiger partial charge in [0.25, 0.3) is 0 Å². The molecule has 1 aliphatic carbocycles. The van der Waals surface area contributed by atoms with Crippen LogP contribution in [-0.2, 0) is 6.42 Å². The first-order chi connectivity index (χ1) is 9.78. The van der Waals surface area contributed by atoms with Gasteiger partial charge in [0.05, 0.1) is 6.10 Å². The second kappa shape index (κ2) is 6.28. The predicted molar refractivity (Wildman–Crippen MR) is 82.7 cm³/mol. The monoisotopic (exact) mass is 273 g/mol. The van der Waals surface area contributed by atoms with Gasteiger partial charge in [0.1, 0.15) is 0 Å².